The van der Waals surface area contributed by atoms with Gasteiger partial charge in [0, 0.05) is 31.1 Å². The molecule has 0 spiro atoms. The summed E-state index contributed by atoms with van der Waals surface area (Å²) in [7, 11) is 2.36. The van der Waals surface area contributed by atoms with E-state index in [1.807, 2.05) is 0 Å². The fraction of sp³-hybridized carbons (Fsp3) is 0.746. The van der Waals surface area contributed by atoms with Crippen LogP contribution in [0.1, 0.15) is 203 Å². The zero-order valence-electron chi connectivity index (χ0n) is 43.1. The third-order valence-corrected chi connectivity index (χ3v) is 21.4. The minimum atomic E-state index is 0.270. The van der Waals surface area contributed by atoms with Crippen molar-refractivity contribution in [1.82, 2.24) is 4.90 Å². The lowest BCUT2D eigenvalue weighted by molar-refractivity contribution is -0.162. The van der Waals surface area contributed by atoms with Crippen LogP contribution in [-0.4, -0.2) is 18.5 Å². The third kappa shape index (κ3) is 9.37. The van der Waals surface area contributed by atoms with Gasteiger partial charge in [-0.2, -0.15) is 0 Å². The highest BCUT2D eigenvalue weighted by atomic mass is 15.1. The number of hydrogen-bond acceptors (Lipinski definition) is 1. The summed E-state index contributed by atoms with van der Waals surface area (Å²) in [4.78, 5) is 2.57. The van der Waals surface area contributed by atoms with Gasteiger partial charge >= 0.3 is 0 Å². The molecule has 352 valence electrons. The molecule has 0 aliphatic heterocycles. The second-order valence-corrected chi connectivity index (χ2v) is 25.0. The van der Waals surface area contributed by atoms with Crippen LogP contribution in [0.2, 0.25) is 0 Å². The average molecular weight is 866 g/mol. The Labute approximate surface area is 395 Å². The SMILES string of the molecule is C=C(C)CCCCCC1CCC2C1[C@@H](C)C[C@@H]1C3(C)CCC(CCCN(C)/C(C)=C/C=C(\C=C/C)C4CC5(C)C(C#CC)CC[C@H]5C5CCC6=CC(=C)CCC6=C4C5)CC3CCC21C. The van der Waals surface area contributed by atoms with E-state index < -0.39 is 0 Å². The number of hydrogen-bond donors (Lipinski definition) is 0. The summed E-state index contributed by atoms with van der Waals surface area (Å²) in [5.41, 5.74) is 12.2. The maximum Gasteiger partial charge on any atom is 0.0259 e. The molecule has 6 fully saturated rings. The van der Waals surface area contributed by atoms with Crippen LogP contribution in [0, 0.1) is 93.2 Å². The first-order valence-corrected chi connectivity index (χ1v) is 27.6. The third-order valence-electron chi connectivity index (χ3n) is 21.4. The number of unbranched alkanes of at least 4 members (excludes halogenated alkanes) is 2. The molecule has 8 aliphatic carbocycles. The van der Waals surface area contributed by atoms with Gasteiger partial charge in [0.05, 0.1) is 0 Å². The van der Waals surface area contributed by atoms with Gasteiger partial charge in [0.1, 0.15) is 0 Å². The lowest BCUT2D eigenvalue weighted by Crippen LogP contribution is -2.58. The van der Waals surface area contributed by atoms with Crippen LogP contribution in [0.4, 0.5) is 0 Å². The second kappa shape index (κ2) is 20.0. The Morgan fingerprint density at radius 3 is 2.44 bits per heavy atom. The van der Waals surface area contributed by atoms with Gasteiger partial charge in [0.15, 0.2) is 0 Å². The van der Waals surface area contributed by atoms with Crippen LogP contribution in [0.3, 0.4) is 0 Å². The van der Waals surface area contributed by atoms with Crippen LogP contribution < -0.4 is 0 Å². The second-order valence-electron chi connectivity index (χ2n) is 25.0. The maximum absolute atomic E-state index is 4.44. The molecular formula is C63H95N. The topological polar surface area (TPSA) is 3.24 Å². The van der Waals surface area contributed by atoms with E-state index >= 15 is 0 Å². The standard InChI is InChI=1S/C63H95N/c1-12-18-48(56-42-63(10)52(19-13-2)29-32-57(63)51-27-26-50-38-44(5)23-30-54(50)55(56)41-51)25-24-46(7)64(11)37-17-21-47-33-35-61(8)53(40-47)34-36-62(9)58-31-28-49(22-16-14-15-20-43(3)4)60(58)45(6)39-59(61)62/h12,18,24-25,38,45,47,49,51-53,56-60H,3,5,14-17,20-23,26-37,39-42H2,1-2,4,6-11H3/b18-12-,46-24+,48-25+/t45-,47?,49?,51?,52?,53?,56?,57-,58?,59+,60?,61?,62?,63?/m0/s1. The van der Waals surface area contributed by atoms with E-state index in [1.165, 1.54) is 170 Å². The fourth-order valence-corrected chi connectivity index (χ4v) is 17.9. The monoisotopic (exact) mass is 866 g/mol. The normalized spacial score (nSPS) is 40.9. The first-order chi connectivity index (χ1) is 30.7. The number of allylic oxidation sites excluding steroid dienone is 12. The predicted octanol–water partition coefficient (Wildman–Crippen LogP) is 17.6. The molecule has 1 heteroatoms. The molecule has 1 nitrogen and oxygen atoms in total. The van der Waals surface area contributed by atoms with E-state index in [0.29, 0.717) is 22.7 Å². The van der Waals surface area contributed by atoms with Crippen molar-refractivity contribution in [1.29, 1.82) is 0 Å². The van der Waals surface area contributed by atoms with E-state index in [4.69, 9.17) is 0 Å². The van der Waals surface area contributed by atoms with Gasteiger partial charge in [-0.25, -0.2) is 0 Å². The summed E-state index contributed by atoms with van der Waals surface area (Å²) in [5, 5.41) is 0. The quantitative estimate of drug-likeness (QED) is 0.0728. The molecule has 0 aromatic rings. The molecule has 0 amide bonds. The van der Waals surface area contributed by atoms with Crippen LogP contribution in [0.25, 0.3) is 0 Å². The van der Waals surface area contributed by atoms with Crippen LogP contribution in [0.15, 0.2) is 82.7 Å². The molecule has 11 unspecified atom stereocenters. The zero-order valence-corrected chi connectivity index (χ0v) is 43.1. The molecule has 2 bridgehead atoms. The Balaban J connectivity index is 0.899. The van der Waals surface area contributed by atoms with Gasteiger partial charge in [0.2, 0.25) is 0 Å². The number of nitrogens with zero attached hydrogens (tertiary/aromatic N) is 1. The highest BCUT2D eigenvalue weighted by molar-refractivity contribution is 5.49. The summed E-state index contributed by atoms with van der Waals surface area (Å²) in [6.45, 7) is 29.6. The molecule has 0 saturated heterocycles. The minimum Gasteiger partial charge on any atom is -0.378 e. The van der Waals surface area contributed by atoms with Gasteiger partial charge in [-0.3, -0.25) is 0 Å². The van der Waals surface area contributed by atoms with Gasteiger partial charge in [-0.1, -0.05) is 100 Å². The van der Waals surface area contributed by atoms with Crippen molar-refractivity contribution < 1.29 is 0 Å². The molecule has 0 N–H and O–H groups in total. The van der Waals surface area contributed by atoms with Crippen molar-refractivity contribution in [3.8, 4) is 11.8 Å². The fourth-order valence-electron chi connectivity index (χ4n) is 17.9. The number of fused-ring (bicyclic) bond motifs is 10. The molecule has 64 heavy (non-hydrogen) atoms. The van der Waals surface area contributed by atoms with Gasteiger partial charge < -0.3 is 4.90 Å². The van der Waals surface area contributed by atoms with Crippen molar-refractivity contribution in [3.05, 3.63) is 82.7 Å². The molecule has 14 atom stereocenters. The van der Waals surface area contributed by atoms with Crippen molar-refractivity contribution in [2.75, 3.05) is 13.6 Å². The Bertz CT molecular complexity index is 1930. The summed E-state index contributed by atoms with van der Waals surface area (Å²) in [6.07, 6.45) is 44.0. The van der Waals surface area contributed by atoms with Crippen molar-refractivity contribution in [2.45, 2.75) is 203 Å². The molecule has 0 aromatic heterocycles. The van der Waals surface area contributed by atoms with E-state index in [2.05, 4.69) is 123 Å². The van der Waals surface area contributed by atoms with Gasteiger partial charge in [-0.15, -0.1) is 12.5 Å². The Kier molecular flexibility index (Phi) is 15.0. The number of rotatable bonds is 14. The van der Waals surface area contributed by atoms with Crippen molar-refractivity contribution in [2.24, 2.45) is 81.3 Å². The summed E-state index contributed by atoms with van der Waals surface area (Å²) in [6, 6.07) is 0. The van der Waals surface area contributed by atoms with Crippen LogP contribution in [0.5, 0.6) is 0 Å². The zero-order chi connectivity index (χ0) is 45.4. The predicted molar refractivity (Wildman–Crippen MR) is 276 cm³/mol. The van der Waals surface area contributed by atoms with Crippen molar-refractivity contribution in [3.63, 3.8) is 0 Å². The average Bonchev–Trinajstić information content (AvgIpc) is 3.75. The minimum absolute atomic E-state index is 0.270. The van der Waals surface area contributed by atoms with E-state index in [1.54, 1.807) is 16.7 Å². The van der Waals surface area contributed by atoms with Crippen LogP contribution >= 0.6 is 0 Å². The first-order valence-electron chi connectivity index (χ1n) is 27.6. The van der Waals surface area contributed by atoms with E-state index in [9.17, 15) is 0 Å². The summed E-state index contributed by atoms with van der Waals surface area (Å²) >= 11 is 0. The van der Waals surface area contributed by atoms with Gasteiger partial charge in [0.25, 0.3) is 0 Å². The molecule has 6 saturated carbocycles. The van der Waals surface area contributed by atoms with Gasteiger partial charge in [-0.05, 0) is 248 Å². The highest BCUT2D eigenvalue weighted by Gasteiger charge is 2.63. The lowest BCUT2D eigenvalue weighted by atomic mass is 9.40. The smallest absolute Gasteiger partial charge is 0.0259 e. The molecule has 0 heterocycles. The molecule has 0 radical (unpaired) electrons. The molecule has 8 rings (SSSR count). The molecule has 8 aliphatic rings. The Hall–Kier alpha value is -2.46. The largest absolute Gasteiger partial charge is 0.378 e. The molecular weight excluding hydrogens is 771 g/mol. The van der Waals surface area contributed by atoms with Crippen molar-refractivity contribution >= 4 is 0 Å². The summed E-state index contributed by atoms with van der Waals surface area (Å²) < 4.78 is 0. The Morgan fingerprint density at radius 2 is 1.66 bits per heavy atom. The Morgan fingerprint density at radius 1 is 0.859 bits per heavy atom. The molecule has 0 aromatic carbocycles. The lowest BCUT2D eigenvalue weighted by Gasteiger charge is -2.65. The highest BCUT2D eigenvalue weighted by Crippen LogP contribution is 2.71. The summed E-state index contributed by atoms with van der Waals surface area (Å²) in [5.74, 6) is 16.4. The maximum atomic E-state index is 4.44. The van der Waals surface area contributed by atoms with E-state index in [-0.39, 0.29) is 5.41 Å². The first kappa shape index (κ1) is 48.0. The van der Waals surface area contributed by atoms with Crippen LogP contribution in [-0.2, 0) is 0 Å². The van der Waals surface area contributed by atoms with E-state index in [0.717, 1.165) is 59.7 Å².